The van der Waals surface area contributed by atoms with Gasteiger partial charge in [0.2, 0.25) is 5.03 Å². The third kappa shape index (κ3) is 3.03. The fraction of sp³-hybridized carbons (Fsp3) is 0.0833. The Hall–Kier alpha value is -1.77. The highest BCUT2D eigenvalue weighted by Crippen LogP contribution is 2.27. The minimum atomic E-state index is -3.81. The lowest BCUT2D eigenvalue weighted by atomic mass is 10.3. The van der Waals surface area contributed by atoms with Crippen molar-refractivity contribution in [1.82, 2.24) is 4.98 Å². The molecule has 0 saturated carbocycles. The van der Waals surface area contributed by atoms with Gasteiger partial charge in [-0.25, -0.2) is 4.98 Å². The highest BCUT2D eigenvalue weighted by atomic mass is 32.2. The van der Waals surface area contributed by atoms with Crippen molar-refractivity contribution in [3.05, 3.63) is 42.6 Å². The third-order valence-electron chi connectivity index (χ3n) is 2.53. The van der Waals surface area contributed by atoms with Crippen molar-refractivity contribution in [1.29, 1.82) is 0 Å². The van der Waals surface area contributed by atoms with E-state index in [0.29, 0.717) is 5.69 Å². The first kappa shape index (κ1) is 14.6. The lowest BCUT2D eigenvalue weighted by molar-refractivity contribution is 0.598. The number of hydrazine groups is 1. The van der Waals surface area contributed by atoms with E-state index in [-0.39, 0.29) is 10.7 Å². The summed E-state index contributed by atoms with van der Waals surface area (Å²) in [6, 6.07) is 10.3. The van der Waals surface area contributed by atoms with E-state index in [1.54, 1.807) is 24.3 Å². The number of nitrogen functional groups attached to an aromatic ring is 1. The molecular formula is C12H14N4O2S2. The second-order valence-electron chi connectivity index (χ2n) is 3.81. The predicted molar refractivity (Wildman–Crippen MR) is 81.1 cm³/mol. The lowest BCUT2D eigenvalue weighted by Crippen LogP contribution is -2.19. The first-order chi connectivity index (χ1) is 9.58. The minimum Gasteiger partial charge on any atom is -0.321 e. The van der Waals surface area contributed by atoms with Gasteiger partial charge in [-0.2, -0.15) is 8.42 Å². The Balaban J connectivity index is 2.41. The smallest absolute Gasteiger partial charge is 0.281 e. The standard InChI is InChI=1S/C12H14N4O2S2/c1-19-11-7-3-2-5-9(11)16-20(17,18)12-10(15-13)6-4-8-14-12/h2-8,15-16H,13H2,1H3. The van der Waals surface area contributed by atoms with Gasteiger partial charge >= 0.3 is 0 Å². The molecule has 2 aromatic rings. The van der Waals surface area contributed by atoms with Crippen LogP contribution in [0.4, 0.5) is 11.4 Å². The Morgan fingerprint density at radius 2 is 1.85 bits per heavy atom. The van der Waals surface area contributed by atoms with Gasteiger partial charge in [0.15, 0.2) is 0 Å². The number of sulfonamides is 1. The van der Waals surface area contributed by atoms with Gasteiger partial charge in [0.1, 0.15) is 0 Å². The van der Waals surface area contributed by atoms with Gasteiger partial charge in [-0.1, -0.05) is 12.1 Å². The van der Waals surface area contributed by atoms with E-state index in [1.807, 2.05) is 18.4 Å². The van der Waals surface area contributed by atoms with Crippen molar-refractivity contribution in [2.24, 2.45) is 5.84 Å². The number of aromatic nitrogens is 1. The number of benzene rings is 1. The molecule has 0 aliphatic heterocycles. The average molecular weight is 310 g/mol. The maximum Gasteiger partial charge on any atom is 0.281 e. The van der Waals surface area contributed by atoms with Gasteiger partial charge in [0.05, 0.1) is 11.4 Å². The molecule has 1 aromatic carbocycles. The Kier molecular flexibility index (Phi) is 4.48. The zero-order valence-corrected chi connectivity index (χ0v) is 12.3. The minimum absolute atomic E-state index is 0.140. The molecule has 0 saturated heterocycles. The van der Waals surface area contributed by atoms with Gasteiger partial charge < -0.3 is 5.43 Å². The van der Waals surface area contributed by atoms with Crippen LogP contribution >= 0.6 is 11.8 Å². The van der Waals surface area contributed by atoms with E-state index in [0.717, 1.165) is 4.90 Å². The number of anilines is 2. The molecule has 0 unspecified atom stereocenters. The SMILES string of the molecule is CSc1ccccc1NS(=O)(=O)c1ncccc1NN. The molecule has 0 fully saturated rings. The number of nitrogens with zero attached hydrogens (tertiary/aromatic N) is 1. The molecule has 0 bridgehead atoms. The van der Waals surface area contributed by atoms with E-state index >= 15 is 0 Å². The Morgan fingerprint density at radius 3 is 2.55 bits per heavy atom. The predicted octanol–water partition coefficient (Wildman–Crippen LogP) is 1.89. The van der Waals surface area contributed by atoms with Crippen molar-refractivity contribution in [3.8, 4) is 0 Å². The third-order valence-corrected chi connectivity index (χ3v) is 4.65. The van der Waals surface area contributed by atoms with E-state index in [9.17, 15) is 8.42 Å². The lowest BCUT2D eigenvalue weighted by Gasteiger charge is -2.12. The van der Waals surface area contributed by atoms with Crippen molar-refractivity contribution < 1.29 is 8.42 Å². The fourth-order valence-electron chi connectivity index (χ4n) is 1.64. The van der Waals surface area contributed by atoms with Crippen LogP contribution in [-0.2, 0) is 10.0 Å². The molecule has 0 aliphatic carbocycles. The molecule has 1 aromatic heterocycles. The summed E-state index contributed by atoms with van der Waals surface area (Å²) in [5.74, 6) is 5.31. The number of thioether (sulfide) groups is 1. The van der Waals surface area contributed by atoms with Crippen LogP contribution in [0.25, 0.3) is 0 Å². The monoisotopic (exact) mass is 310 g/mol. The van der Waals surface area contributed by atoms with Gasteiger partial charge in [-0.15, -0.1) is 11.8 Å². The number of pyridine rings is 1. The molecular weight excluding hydrogens is 296 g/mol. The zero-order valence-electron chi connectivity index (χ0n) is 10.7. The van der Waals surface area contributed by atoms with Crippen molar-refractivity contribution in [2.75, 3.05) is 16.4 Å². The van der Waals surface area contributed by atoms with Crippen LogP contribution in [0, 0.1) is 0 Å². The highest BCUT2D eigenvalue weighted by Gasteiger charge is 2.20. The summed E-state index contributed by atoms with van der Waals surface area (Å²) in [5.41, 5.74) is 3.07. The molecule has 8 heteroatoms. The molecule has 0 atom stereocenters. The molecule has 0 spiro atoms. The van der Waals surface area contributed by atoms with Crippen molar-refractivity contribution in [2.45, 2.75) is 9.92 Å². The number of nitrogens with two attached hydrogens (primary N) is 1. The topological polar surface area (TPSA) is 97.1 Å². The van der Waals surface area contributed by atoms with Crippen LogP contribution in [-0.4, -0.2) is 19.7 Å². The first-order valence-electron chi connectivity index (χ1n) is 5.66. The van der Waals surface area contributed by atoms with E-state index < -0.39 is 10.0 Å². The first-order valence-corrected chi connectivity index (χ1v) is 8.37. The highest BCUT2D eigenvalue weighted by molar-refractivity contribution is 7.99. The average Bonchev–Trinajstić information content (AvgIpc) is 2.47. The Bertz CT molecular complexity index is 704. The van der Waals surface area contributed by atoms with Gasteiger partial charge in [-0.05, 0) is 30.5 Å². The second kappa shape index (κ2) is 6.12. The summed E-state index contributed by atoms with van der Waals surface area (Å²) in [4.78, 5) is 4.70. The summed E-state index contributed by atoms with van der Waals surface area (Å²) >= 11 is 1.45. The molecule has 20 heavy (non-hydrogen) atoms. The van der Waals surface area contributed by atoms with Gasteiger partial charge in [-0.3, -0.25) is 10.6 Å². The van der Waals surface area contributed by atoms with Crippen LogP contribution in [0.5, 0.6) is 0 Å². The number of rotatable bonds is 5. The molecule has 0 amide bonds. The normalized spacial score (nSPS) is 11.1. The summed E-state index contributed by atoms with van der Waals surface area (Å²) in [6.45, 7) is 0. The van der Waals surface area contributed by atoms with Crippen molar-refractivity contribution >= 4 is 33.2 Å². The zero-order chi connectivity index (χ0) is 14.6. The molecule has 2 rings (SSSR count). The van der Waals surface area contributed by atoms with Crippen LogP contribution in [0.1, 0.15) is 0 Å². The number of para-hydroxylation sites is 1. The van der Waals surface area contributed by atoms with Crippen LogP contribution in [0.2, 0.25) is 0 Å². The molecule has 106 valence electrons. The second-order valence-corrected chi connectivity index (χ2v) is 6.25. The molecule has 1 heterocycles. The van der Waals surface area contributed by atoms with Crippen LogP contribution in [0.15, 0.2) is 52.5 Å². The van der Waals surface area contributed by atoms with Crippen LogP contribution < -0.4 is 16.0 Å². The summed E-state index contributed by atoms with van der Waals surface area (Å²) in [5, 5.41) is -0.140. The molecule has 0 aliphatic rings. The van der Waals surface area contributed by atoms with Crippen LogP contribution in [0.3, 0.4) is 0 Å². The maximum absolute atomic E-state index is 12.4. The fourth-order valence-corrected chi connectivity index (χ4v) is 3.44. The molecule has 6 nitrogen and oxygen atoms in total. The van der Waals surface area contributed by atoms with Crippen molar-refractivity contribution in [3.63, 3.8) is 0 Å². The maximum atomic E-state index is 12.4. The number of hydrogen-bond donors (Lipinski definition) is 3. The quantitative estimate of drug-likeness (QED) is 0.443. The summed E-state index contributed by atoms with van der Waals surface area (Å²) in [6.07, 6.45) is 3.27. The number of nitrogens with one attached hydrogen (secondary N) is 2. The number of hydrogen-bond acceptors (Lipinski definition) is 6. The van der Waals surface area contributed by atoms with E-state index in [4.69, 9.17) is 5.84 Å². The largest absolute Gasteiger partial charge is 0.321 e. The molecule has 0 radical (unpaired) electrons. The van der Waals surface area contributed by atoms with E-state index in [2.05, 4.69) is 15.1 Å². The summed E-state index contributed by atoms with van der Waals surface area (Å²) in [7, 11) is -3.81. The Labute approximate surface area is 121 Å². The van der Waals surface area contributed by atoms with E-state index in [1.165, 1.54) is 18.0 Å². The van der Waals surface area contributed by atoms with Gasteiger partial charge in [0.25, 0.3) is 10.0 Å². The van der Waals surface area contributed by atoms with Gasteiger partial charge in [0, 0.05) is 11.1 Å². The molecule has 4 N–H and O–H groups in total. The Morgan fingerprint density at radius 1 is 1.15 bits per heavy atom. The summed E-state index contributed by atoms with van der Waals surface area (Å²) < 4.78 is 27.3.